The van der Waals surface area contributed by atoms with Gasteiger partial charge in [-0.05, 0) is 24.3 Å². The number of hydrogen-bond acceptors (Lipinski definition) is 2. The highest BCUT2D eigenvalue weighted by molar-refractivity contribution is 5.57. The number of rotatable bonds is 1. The third-order valence-electron chi connectivity index (χ3n) is 1.66. The van der Waals surface area contributed by atoms with Crippen LogP contribution in [0.1, 0.15) is 5.56 Å². The molecule has 1 aromatic heterocycles. The largest absolute Gasteiger partial charge is 0.380 e. The highest BCUT2D eigenvalue weighted by atomic mass is 16.5. The summed E-state index contributed by atoms with van der Waals surface area (Å²) in [6, 6.07) is 9.28. The minimum atomic E-state index is 0.659. The summed E-state index contributed by atoms with van der Waals surface area (Å²) in [5.41, 5.74) is 1.64. The Bertz CT molecular complexity index is 393. The molecule has 1 N–H and O–H groups in total. The van der Waals surface area contributed by atoms with Crippen LogP contribution in [0.4, 0.5) is 0 Å². The van der Waals surface area contributed by atoms with Gasteiger partial charge in [0.15, 0.2) is 5.76 Å². The van der Waals surface area contributed by atoms with Crippen LogP contribution in [0, 0.1) is 11.3 Å². The molecule has 0 atom stereocenters. The molecular weight excluding hydrogens is 152 g/mol. The van der Waals surface area contributed by atoms with Crippen molar-refractivity contribution in [1.82, 2.24) is 5.16 Å². The van der Waals surface area contributed by atoms with E-state index in [0.717, 1.165) is 11.3 Å². The molecule has 2 aromatic rings. The molecule has 0 aliphatic heterocycles. The van der Waals surface area contributed by atoms with E-state index in [0.29, 0.717) is 5.56 Å². The molecule has 3 heteroatoms. The number of H-pyrrole nitrogens is 1. The van der Waals surface area contributed by atoms with Crippen LogP contribution < -0.4 is 0 Å². The molecule has 58 valence electrons. The number of hydrogen-bond donors (Lipinski definition) is 1. The summed E-state index contributed by atoms with van der Waals surface area (Å²) in [6.45, 7) is 0. The molecule has 0 spiro atoms. The lowest BCUT2D eigenvalue weighted by Crippen LogP contribution is -1.83. The first-order valence-electron chi connectivity index (χ1n) is 3.53. The zero-order chi connectivity index (χ0) is 8.39. The predicted molar refractivity (Wildman–Crippen MR) is 43.2 cm³/mol. The van der Waals surface area contributed by atoms with Crippen LogP contribution >= 0.6 is 0 Å². The fourth-order valence-corrected chi connectivity index (χ4v) is 0.969. The molecular formula is C9H6N2O. The smallest absolute Gasteiger partial charge is 0.181 e. The van der Waals surface area contributed by atoms with Crippen LogP contribution in [0.25, 0.3) is 11.3 Å². The minimum absolute atomic E-state index is 0.659. The van der Waals surface area contributed by atoms with E-state index in [2.05, 4.69) is 11.2 Å². The van der Waals surface area contributed by atoms with E-state index in [-0.39, 0.29) is 0 Å². The van der Waals surface area contributed by atoms with Gasteiger partial charge in [-0.15, -0.1) is 0 Å². The first-order chi connectivity index (χ1) is 5.90. The molecule has 0 fully saturated rings. The highest BCUT2D eigenvalue weighted by Crippen LogP contribution is 2.19. The van der Waals surface area contributed by atoms with Crippen LogP contribution in [-0.2, 0) is 0 Å². The Balaban J connectivity index is 2.36. The van der Waals surface area contributed by atoms with Gasteiger partial charge in [0, 0.05) is 5.56 Å². The Labute approximate surface area is 69.2 Å². The molecule has 0 aliphatic rings. The summed E-state index contributed by atoms with van der Waals surface area (Å²) in [4.78, 5) is 0. The summed E-state index contributed by atoms with van der Waals surface area (Å²) in [5.74, 6) is 0.805. The summed E-state index contributed by atoms with van der Waals surface area (Å²) < 4.78 is 4.92. The number of benzene rings is 1. The highest BCUT2D eigenvalue weighted by Gasteiger charge is 2.01. The molecule has 0 unspecified atom stereocenters. The van der Waals surface area contributed by atoms with E-state index in [4.69, 9.17) is 9.78 Å². The zero-order valence-electron chi connectivity index (χ0n) is 6.24. The van der Waals surface area contributed by atoms with Gasteiger partial charge in [-0.1, -0.05) is 0 Å². The van der Waals surface area contributed by atoms with Crippen molar-refractivity contribution in [3.63, 3.8) is 0 Å². The number of nitriles is 1. The van der Waals surface area contributed by atoms with Gasteiger partial charge in [-0.3, -0.25) is 0 Å². The molecule has 1 aromatic carbocycles. The van der Waals surface area contributed by atoms with Gasteiger partial charge in [0.05, 0.1) is 17.8 Å². The van der Waals surface area contributed by atoms with Gasteiger partial charge in [0.2, 0.25) is 0 Å². The average molecular weight is 158 g/mol. The molecule has 0 amide bonds. The lowest BCUT2D eigenvalue weighted by atomic mass is 10.1. The Morgan fingerprint density at radius 1 is 1.25 bits per heavy atom. The van der Waals surface area contributed by atoms with E-state index in [1.54, 1.807) is 18.3 Å². The third-order valence-corrected chi connectivity index (χ3v) is 1.66. The lowest BCUT2D eigenvalue weighted by Gasteiger charge is -2.01. The quantitative estimate of drug-likeness (QED) is 0.691. The van der Waals surface area contributed by atoms with Crippen molar-refractivity contribution < 1.29 is 4.52 Å². The van der Waals surface area contributed by atoms with Crippen LogP contribution in [0.15, 0.2) is 35.0 Å². The summed E-state index contributed by atoms with van der Waals surface area (Å²) in [7, 11) is 0. The Hall–Kier alpha value is -1.95. The zero-order valence-corrected chi connectivity index (χ0v) is 6.24. The SMILES string of the molecule is N#Cc1ccc(-c2c[nH]o2)cc1. The molecule has 2 rings (SSSR count). The molecule has 3 nitrogen and oxygen atoms in total. The van der Waals surface area contributed by atoms with Gasteiger partial charge in [0.25, 0.3) is 0 Å². The molecule has 12 heavy (non-hydrogen) atoms. The second kappa shape index (κ2) is 2.59. The maximum Gasteiger partial charge on any atom is 0.181 e. The fraction of sp³-hybridized carbons (Fsp3) is 0. The topological polar surface area (TPSA) is 52.7 Å². The van der Waals surface area contributed by atoms with Crippen LogP contribution in [0.3, 0.4) is 0 Å². The number of nitrogens with zero attached hydrogens (tertiary/aromatic N) is 1. The van der Waals surface area contributed by atoms with Crippen molar-refractivity contribution in [2.24, 2.45) is 0 Å². The summed E-state index contributed by atoms with van der Waals surface area (Å²) >= 11 is 0. The van der Waals surface area contributed by atoms with Crippen molar-refractivity contribution in [2.75, 3.05) is 0 Å². The van der Waals surface area contributed by atoms with Gasteiger partial charge in [-0.2, -0.15) is 5.26 Å². The van der Waals surface area contributed by atoms with Crippen molar-refractivity contribution >= 4 is 0 Å². The van der Waals surface area contributed by atoms with Crippen LogP contribution in [-0.4, -0.2) is 5.16 Å². The van der Waals surface area contributed by atoms with Gasteiger partial charge >= 0.3 is 0 Å². The van der Waals surface area contributed by atoms with E-state index < -0.39 is 0 Å². The second-order valence-electron chi connectivity index (χ2n) is 2.42. The van der Waals surface area contributed by atoms with Crippen LogP contribution in [0.2, 0.25) is 0 Å². The Morgan fingerprint density at radius 2 is 1.92 bits per heavy atom. The Kier molecular flexibility index (Phi) is 1.45. The van der Waals surface area contributed by atoms with Crippen molar-refractivity contribution in [2.45, 2.75) is 0 Å². The predicted octanol–water partition coefficient (Wildman–Crippen LogP) is 2.15. The molecule has 0 aliphatic carbocycles. The molecule has 0 bridgehead atoms. The van der Waals surface area contributed by atoms with Gasteiger partial charge in [0.1, 0.15) is 0 Å². The maximum atomic E-state index is 8.53. The van der Waals surface area contributed by atoms with E-state index in [1.165, 1.54) is 0 Å². The summed E-state index contributed by atoms with van der Waals surface area (Å²) in [5, 5.41) is 11.1. The van der Waals surface area contributed by atoms with Gasteiger partial charge in [-0.25, -0.2) is 5.16 Å². The number of aromatic amines is 1. The monoisotopic (exact) mass is 158 g/mol. The second-order valence-corrected chi connectivity index (χ2v) is 2.42. The maximum absolute atomic E-state index is 8.53. The normalized spacial score (nSPS) is 9.58. The first kappa shape index (κ1) is 6.74. The van der Waals surface area contributed by atoms with Crippen molar-refractivity contribution in [3.8, 4) is 17.4 Å². The fourth-order valence-electron chi connectivity index (χ4n) is 0.969. The third kappa shape index (κ3) is 0.995. The Morgan fingerprint density at radius 3 is 2.33 bits per heavy atom. The molecule has 0 saturated heterocycles. The average Bonchev–Trinajstić information content (AvgIpc) is 2.03. The number of aromatic nitrogens is 1. The minimum Gasteiger partial charge on any atom is -0.380 e. The number of nitrogens with one attached hydrogen (secondary N) is 1. The first-order valence-corrected chi connectivity index (χ1v) is 3.53. The standard InChI is InChI=1S/C9H6N2O/c10-5-7-1-3-8(4-2-7)9-6-11-12-9/h1-4,6,11H. The lowest BCUT2D eigenvalue weighted by molar-refractivity contribution is 0.372. The van der Waals surface area contributed by atoms with E-state index >= 15 is 0 Å². The van der Waals surface area contributed by atoms with Crippen molar-refractivity contribution in [1.29, 1.82) is 5.26 Å². The van der Waals surface area contributed by atoms with E-state index in [1.807, 2.05) is 12.1 Å². The van der Waals surface area contributed by atoms with Crippen molar-refractivity contribution in [3.05, 3.63) is 36.0 Å². The summed E-state index contributed by atoms with van der Waals surface area (Å²) in [6.07, 6.45) is 1.77. The van der Waals surface area contributed by atoms with E-state index in [9.17, 15) is 0 Å². The molecule has 0 radical (unpaired) electrons. The molecule has 1 heterocycles. The molecule has 0 saturated carbocycles. The van der Waals surface area contributed by atoms with Gasteiger partial charge < -0.3 is 4.52 Å². The van der Waals surface area contributed by atoms with Crippen LogP contribution in [0.5, 0.6) is 0 Å².